The molecule has 0 spiro atoms. The van der Waals surface area contributed by atoms with Gasteiger partial charge in [-0.05, 0) is 12.1 Å². The zero-order chi connectivity index (χ0) is 10.1. The number of rotatable bonds is 1. The number of hydrogen-bond acceptors (Lipinski definition) is 3. The van der Waals surface area contributed by atoms with Crippen LogP contribution in [0.2, 0.25) is 0 Å². The molecular weight excluding hydrogens is 190 g/mol. The molecule has 1 aliphatic heterocycles. The largest absolute Gasteiger partial charge is 0.474 e. The van der Waals surface area contributed by atoms with E-state index in [1.54, 1.807) is 0 Å². The van der Waals surface area contributed by atoms with Gasteiger partial charge in [0.15, 0.2) is 0 Å². The maximum Gasteiger partial charge on any atom is 0.223 e. The topological polar surface area (TPSA) is 47.6 Å². The molecule has 0 bridgehead atoms. The Morgan fingerprint density at radius 1 is 1.36 bits per heavy atom. The van der Waals surface area contributed by atoms with Crippen molar-refractivity contribution in [2.24, 2.45) is 10.7 Å². The first-order valence-electron chi connectivity index (χ1n) is 4.09. The summed E-state index contributed by atoms with van der Waals surface area (Å²) < 4.78 is 31.3. The Bertz CT molecular complexity index is 372. The first-order chi connectivity index (χ1) is 6.68. The standard InChI is InChI=1S/C9H8F2N2O/c10-5-2-1-3-6(11)8(5)9-13-7(12)4-14-9/h1-3,7H,4,12H2. The second-order valence-electron chi connectivity index (χ2n) is 2.91. The molecule has 74 valence electrons. The van der Waals surface area contributed by atoms with E-state index < -0.39 is 17.8 Å². The average molecular weight is 198 g/mol. The Kier molecular flexibility index (Phi) is 2.17. The quantitative estimate of drug-likeness (QED) is 0.732. The zero-order valence-corrected chi connectivity index (χ0v) is 7.21. The normalized spacial score (nSPS) is 20.5. The Labute approximate surface area is 79.2 Å². The van der Waals surface area contributed by atoms with Gasteiger partial charge in [0.1, 0.15) is 30.0 Å². The maximum atomic E-state index is 13.2. The fourth-order valence-electron chi connectivity index (χ4n) is 1.23. The highest BCUT2D eigenvalue weighted by Crippen LogP contribution is 2.16. The van der Waals surface area contributed by atoms with E-state index in [9.17, 15) is 8.78 Å². The van der Waals surface area contributed by atoms with Crippen LogP contribution in [0.15, 0.2) is 23.2 Å². The fraction of sp³-hybridized carbons (Fsp3) is 0.222. The Morgan fingerprint density at radius 2 is 2.00 bits per heavy atom. The van der Waals surface area contributed by atoms with Gasteiger partial charge in [-0.15, -0.1) is 0 Å². The van der Waals surface area contributed by atoms with Crippen LogP contribution < -0.4 is 5.73 Å². The molecule has 0 amide bonds. The van der Waals surface area contributed by atoms with E-state index in [2.05, 4.69) is 4.99 Å². The van der Waals surface area contributed by atoms with Crippen LogP contribution >= 0.6 is 0 Å². The number of halogens is 2. The second kappa shape index (κ2) is 3.34. The Balaban J connectivity index is 2.46. The highest BCUT2D eigenvalue weighted by molar-refractivity contribution is 5.95. The third-order valence-electron chi connectivity index (χ3n) is 1.85. The van der Waals surface area contributed by atoms with Gasteiger partial charge in [0.05, 0.1) is 0 Å². The van der Waals surface area contributed by atoms with Gasteiger partial charge in [-0.25, -0.2) is 13.8 Å². The van der Waals surface area contributed by atoms with Crippen LogP contribution in [0.1, 0.15) is 5.56 Å². The van der Waals surface area contributed by atoms with E-state index in [1.807, 2.05) is 0 Å². The van der Waals surface area contributed by atoms with E-state index in [-0.39, 0.29) is 18.1 Å². The summed E-state index contributed by atoms with van der Waals surface area (Å²) in [4.78, 5) is 3.77. The zero-order valence-electron chi connectivity index (χ0n) is 7.21. The minimum atomic E-state index is -0.696. The summed E-state index contributed by atoms with van der Waals surface area (Å²) in [5.74, 6) is -1.45. The highest BCUT2D eigenvalue weighted by Gasteiger charge is 2.22. The molecule has 0 radical (unpaired) electrons. The molecule has 0 fully saturated rings. The average Bonchev–Trinajstić information content (AvgIpc) is 2.51. The number of benzene rings is 1. The summed E-state index contributed by atoms with van der Waals surface area (Å²) in [6, 6.07) is 3.58. The summed E-state index contributed by atoms with van der Waals surface area (Å²) in [6.45, 7) is 0.156. The lowest BCUT2D eigenvalue weighted by atomic mass is 10.2. The van der Waals surface area contributed by atoms with Crippen LogP contribution in [0, 0.1) is 11.6 Å². The van der Waals surface area contributed by atoms with Crippen molar-refractivity contribution in [1.82, 2.24) is 0 Å². The van der Waals surface area contributed by atoms with Gasteiger partial charge in [-0.2, -0.15) is 0 Å². The van der Waals surface area contributed by atoms with Crippen LogP contribution in [0.25, 0.3) is 0 Å². The molecule has 0 aromatic heterocycles. The lowest BCUT2D eigenvalue weighted by Crippen LogP contribution is -2.17. The van der Waals surface area contributed by atoms with Crippen molar-refractivity contribution in [3.63, 3.8) is 0 Å². The molecule has 2 N–H and O–H groups in total. The fourth-order valence-corrected chi connectivity index (χ4v) is 1.23. The molecule has 1 atom stereocenters. The number of aliphatic imine (C=N–C) groups is 1. The van der Waals surface area contributed by atoms with Crippen molar-refractivity contribution < 1.29 is 13.5 Å². The molecule has 5 heteroatoms. The second-order valence-corrected chi connectivity index (χ2v) is 2.91. The smallest absolute Gasteiger partial charge is 0.223 e. The highest BCUT2D eigenvalue weighted by atomic mass is 19.1. The van der Waals surface area contributed by atoms with Crippen molar-refractivity contribution in [3.8, 4) is 0 Å². The molecule has 1 aromatic carbocycles. The molecule has 0 aliphatic carbocycles. The van der Waals surface area contributed by atoms with Crippen molar-refractivity contribution in [2.45, 2.75) is 6.17 Å². The Morgan fingerprint density at radius 3 is 2.50 bits per heavy atom. The number of nitrogens with two attached hydrogens (primary N) is 1. The van der Waals surface area contributed by atoms with Crippen LogP contribution in [0.4, 0.5) is 8.78 Å². The molecule has 1 heterocycles. The van der Waals surface area contributed by atoms with Crippen LogP contribution in [0.5, 0.6) is 0 Å². The lowest BCUT2D eigenvalue weighted by molar-refractivity contribution is 0.317. The molecule has 1 unspecified atom stereocenters. The number of nitrogens with zero attached hydrogens (tertiary/aromatic N) is 1. The van der Waals surface area contributed by atoms with Crippen LogP contribution in [-0.2, 0) is 4.74 Å². The molecule has 0 saturated carbocycles. The molecule has 3 nitrogen and oxygen atoms in total. The number of ether oxygens (including phenoxy) is 1. The monoisotopic (exact) mass is 198 g/mol. The third kappa shape index (κ3) is 1.46. The van der Waals surface area contributed by atoms with E-state index in [1.165, 1.54) is 6.07 Å². The van der Waals surface area contributed by atoms with Gasteiger partial charge in [-0.3, -0.25) is 0 Å². The predicted octanol–water partition coefficient (Wildman–Crippen LogP) is 1.03. The van der Waals surface area contributed by atoms with E-state index >= 15 is 0 Å². The van der Waals surface area contributed by atoms with Crippen LogP contribution in [-0.4, -0.2) is 18.7 Å². The third-order valence-corrected chi connectivity index (χ3v) is 1.85. The SMILES string of the molecule is NC1COC(c2c(F)cccc2F)=N1. The van der Waals surface area contributed by atoms with Crippen molar-refractivity contribution in [2.75, 3.05) is 6.61 Å². The molecule has 14 heavy (non-hydrogen) atoms. The molecular formula is C9H8F2N2O. The van der Waals surface area contributed by atoms with Gasteiger partial charge >= 0.3 is 0 Å². The summed E-state index contributed by atoms with van der Waals surface area (Å²) in [5.41, 5.74) is 5.16. The van der Waals surface area contributed by atoms with E-state index in [0.29, 0.717) is 0 Å². The molecule has 1 aromatic rings. The van der Waals surface area contributed by atoms with Gasteiger partial charge < -0.3 is 10.5 Å². The minimum Gasteiger partial charge on any atom is -0.474 e. The maximum absolute atomic E-state index is 13.2. The number of hydrogen-bond donors (Lipinski definition) is 1. The van der Waals surface area contributed by atoms with Gasteiger partial charge in [-0.1, -0.05) is 6.07 Å². The summed E-state index contributed by atoms with van der Waals surface area (Å²) in [6.07, 6.45) is -0.538. The molecule has 1 aliphatic rings. The van der Waals surface area contributed by atoms with Crippen molar-refractivity contribution in [1.29, 1.82) is 0 Å². The Hall–Kier alpha value is -1.49. The summed E-state index contributed by atoms with van der Waals surface area (Å²) in [7, 11) is 0. The van der Waals surface area contributed by atoms with Crippen molar-refractivity contribution in [3.05, 3.63) is 35.4 Å². The summed E-state index contributed by atoms with van der Waals surface area (Å²) in [5, 5.41) is 0. The minimum absolute atomic E-state index is 0.0619. The lowest BCUT2D eigenvalue weighted by Gasteiger charge is -2.03. The predicted molar refractivity (Wildman–Crippen MR) is 46.8 cm³/mol. The summed E-state index contributed by atoms with van der Waals surface area (Å²) >= 11 is 0. The van der Waals surface area contributed by atoms with Gasteiger partial charge in [0.25, 0.3) is 0 Å². The van der Waals surface area contributed by atoms with E-state index in [0.717, 1.165) is 12.1 Å². The first-order valence-corrected chi connectivity index (χ1v) is 4.09. The molecule has 0 saturated heterocycles. The molecule has 2 rings (SSSR count). The van der Waals surface area contributed by atoms with Gasteiger partial charge in [0, 0.05) is 0 Å². The first kappa shape index (κ1) is 9.08. The van der Waals surface area contributed by atoms with E-state index in [4.69, 9.17) is 10.5 Å². The van der Waals surface area contributed by atoms with Crippen LogP contribution in [0.3, 0.4) is 0 Å². The van der Waals surface area contributed by atoms with Gasteiger partial charge in [0.2, 0.25) is 5.90 Å². The van der Waals surface area contributed by atoms with Crippen molar-refractivity contribution >= 4 is 5.90 Å².